The van der Waals surface area contributed by atoms with E-state index >= 15 is 0 Å². The van der Waals surface area contributed by atoms with E-state index in [0.717, 1.165) is 6.42 Å². The molecule has 5 heteroatoms. The van der Waals surface area contributed by atoms with E-state index in [9.17, 15) is 9.18 Å². The lowest BCUT2D eigenvalue weighted by molar-refractivity contribution is -0.00303. The molecule has 1 aliphatic rings. The maximum Gasteiger partial charge on any atom is 0.257 e. The number of rotatable bonds is 2. The molecule has 0 aromatic heterocycles. The van der Waals surface area contributed by atoms with Gasteiger partial charge < -0.3 is 9.64 Å². The van der Waals surface area contributed by atoms with Crippen molar-refractivity contribution in [3.63, 3.8) is 0 Å². The predicted octanol–water partition coefficient (Wildman–Crippen LogP) is 2.84. The zero-order valence-electron chi connectivity index (χ0n) is 10.2. The van der Waals surface area contributed by atoms with Crippen LogP contribution >= 0.6 is 15.9 Å². The highest BCUT2D eigenvalue weighted by Crippen LogP contribution is 2.22. The number of hydrogen-bond acceptors (Lipinski definition) is 2. The molecule has 1 aliphatic heterocycles. The molecular formula is C13H15BrFNO2. The Labute approximate surface area is 114 Å². The van der Waals surface area contributed by atoms with Crippen molar-refractivity contribution in [2.75, 3.05) is 19.8 Å². The zero-order valence-corrected chi connectivity index (χ0v) is 11.7. The molecule has 0 aliphatic carbocycles. The second kappa shape index (κ2) is 5.80. The Morgan fingerprint density at radius 2 is 2.39 bits per heavy atom. The molecule has 1 fully saturated rings. The highest BCUT2D eigenvalue weighted by atomic mass is 79.9. The Hall–Kier alpha value is -0.940. The standard InChI is InChI=1S/C13H15BrFNO2/c1-2-9-8-18-7-6-16(9)13(17)10-4-3-5-11(14)12(10)15/h3-5,9H,2,6-8H2,1H3. The lowest BCUT2D eigenvalue weighted by Crippen LogP contribution is -2.48. The van der Waals surface area contributed by atoms with Gasteiger partial charge in [-0.2, -0.15) is 0 Å². The summed E-state index contributed by atoms with van der Waals surface area (Å²) in [7, 11) is 0. The summed E-state index contributed by atoms with van der Waals surface area (Å²) in [6.07, 6.45) is 0.807. The van der Waals surface area contributed by atoms with E-state index in [1.165, 1.54) is 6.07 Å². The Morgan fingerprint density at radius 3 is 3.11 bits per heavy atom. The zero-order chi connectivity index (χ0) is 13.1. The molecular weight excluding hydrogens is 301 g/mol. The Balaban J connectivity index is 2.27. The van der Waals surface area contributed by atoms with Crippen molar-refractivity contribution < 1.29 is 13.9 Å². The van der Waals surface area contributed by atoms with Crippen molar-refractivity contribution >= 4 is 21.8 Å². The van der Waals surface area contributed by atoms with Crippen LogP contribution in [0.3, 0.4) is 0 Å². The van der Waals surface area contributed by atoms with Crippen LogP contribution in [0, 0.1) is 5.82 Å². The topological polar surface area (TPSA) is 29.5 Å². The van der Waals surface area contributed by atoms with Gasteiger partial charge in [0.1, 0.15) is 5.82 Å². The maximum absolute atomic E-state index is 13.9. The van der Waals surface area contributed by atoms with Crippen molar-refractivity contribution in [2.45, 2.75) is 19.4 Å². The number of carbonyl (C=O) groups is 1. The molecule has 0 bridgehead atoms. The van der Waals surface area contributed by atoms with Crippen molar-refractivity contribution in [3.05, 3.63) is 34.1 Å². The molecule has 1 unspecified atom stereocenters. The fraction of sp³-hybridized carbons (Fsp3) is 0.462. The van der Waals surface area contributed by atoms with Gasteiger partial charge in [0.05, 0.1) is 29.3 Å². The summed E-state index contributed by atoms with van der Waals surface area (Å²) < 4.78 is 19.6. The molecule has 1 amide bonds. The number of hydrogen-bond donors (Lipinski definition) is 0. The van der Waals surface area contributed by atoms with E-state index in [0.29, 0.717) is 24.2 Å². The summed E-state index contributed by atoms with van der Waals surface area (Å²) in [5, 5.41) is 0. The van der Waals surface area contributed by atoms with Crippen LogP contribution in [0.2, 0.25) is 0 Å². The third kappa shape index (κ3) is 2.57. The second-order valence-electron chi connectivity index (χ2n) is 4.24. The van der Waals surface area contributed by atoms with E-state index < -0.39 is 5.82 Å². The maximum atomic E-state index is 13.9. The first-order chi connectivity index (χ1) is 8.65. The van der Waals surface area contributed by atoms with Gasteiger partial charge in [-0.3, -0.25) is 4.79 Å². The van der Waals surface area contributed by atoms with E-state index in [2.05, 4.69) is 15.9 Å². The molecule has 1 heterocycles. The Kier molecular flexibility index (Phi) is 4.35. The van der Waals surface area contributed by atoms with Crippen LogP contribution in [-0.4, -0.2) is 36.6 Å². The SMILES string of the molecule is CCC1COCCN1C(=O)c1cccc(Br)c1F. The Bertz CT molecular complexity index is 453. The van der Waals surface area contributed by atoms with Gasteiger partial charge >= 0.3 is 0 Å². The fourth-order valence-corrected chi connectivity index (χ4v) is 2.45. The third-order valence-electron chi connectivity index (χ3n) is 3.14. The van der Waals surface area contributed by atoms with Gasteiger partial charge in [-0.05, 0) is 34.5 Å². The first-order valence-electron chi connectivity index (χ1n) is 5.98. The summed E-state index contributed by atoms with van der Waals surface area (Å²) >= 11 is 3.10. The average molecular weight is 316 g/mol. The summed E-state index contributed by atoms with van der Waals surface area (Å²) in [5.74, 6) is -0.757. The smallest absolute Gasteiger partial charge is 0.257 e. The minimum absolute atomic E-state index is 0.0321. The minimum atomic E-state index is -0.496. The fourth-order valence-electron chi connectivity index (χ4n) is 2.08. The summed E-state index contributed by atoms with van der Waals surface area (Å²) in [4.78, 5) is 14.1. The molecule has 0 radical (unpaired) electrons. The molecule has 1 aromatic carbocycles. The highest BCUT2D eigenvalue weighted by molar-refractivity contribution is 9.10. The van der Waals surface area contributed by atoms with Gasteiger partial charge in [0.25, 0.3) is 5.91 Å². The average Bonchev–Trinajstić information content (AvgIpc) is 2.41. The molecule has 98 valence electrons. The monoisotopic (exact) mass is 315 g/mol. The summed E-state index contributed by atoms with van der Waals surface area (Å²) in [6.45, 7) is 3.55. The molecule has 0 spiro atoms. The molecule has 0 N–H and O–H groups in total. The van der Waals surface area contributed by atoms with Crippen molar-refractivity contribution in [3.8, 4) is 0 Å². The van der Waals surface area contributed by atoms with Crippen LogP contribution in [0.15, 0.2) is 22.7 Å². The van der Waals surface area contributed by atoms with Gasteiger partial charge in [-0.25, -0.2) is 4.39 Å². The Morgan fingerprint density at radius 1 is 1.61 bits per heavy atom. The van der Waals surface area contributed by atoms with Gasteiger partial charge in [0, 0.05) is 6.54 Å². The first kappa shape index (κ1) is 13.5. The van der Waals surface area contributed by atoms with Crippen LogP contribution in [0.5, 0.6) is 0 Å². The van der Waals surface area contributed by atoms with E-state index in [-0.39, 0.29) is 17.5 Å². The predicted molar refractivity (Wildman–Crippen MR) is 70.0 cm³/mol. The molecule has 1 atom stereocenters. The van der Waals surface area contributed by atoms with Gasteiger partial charge in [0.15, 0.2) is 0 Å². The van der Waals surface area contributed by atoms with Crippen molar-refractivity contribution in [1.29, 1.82) is 0 Å². The van der Waals surface area contributed by atoms with Crippen LogP contribution < -0.4 is 0 Å². The molecule has 3 nitrogen and oxygen atoms in total. The van der Waals surface area contributed by atoms with Crippen LogP contribution in [0.25, 0.3) is 0 Å². The van der Waals surface area contributed by atoms with Crippen LogP contribution in [0.1, 0.15) is 23.7 Å². The van der Waals surface area contributed by atoms with Crippen LogP contribution in [-0.2, 0) is 4.74 Å². The molecule has 18 heavy (non-hydrogen) atoms. The lowest BCUT2D eigenvalue weighted by Gasteiger charge is -2.35. The quantitative estimate of drug-likeness (QED) is 0.840. The van der Waals surface area contributed by atoms with Gasteiger partial charge in [-0.15, -0.1) is 0 Å². The highest BCUT2D eigenvalue weighted by Gasteiger charge is 2.28. The van der Waals surface area contributed by atoms with Crippen molar-refractivity contribution in [1.82, 2.24) is 4.90 Å². The second-order valence-corrected chi connectivity index (χ2v) is 5.09. The molecule has 2 rings (SSSR count). The van der Waals surface area contributed by atoms with Crippen LogP contribution in [0.4, 0.5) is 4.39 Å². The summed E-state index contributed by atoms with van der Waals surface area (Å²) in [6, 6.07) is 4.81. The van der Waals surface area contributed by atoms with E-state index in [1.54, 1.807) is 17.0 Å². The number of amides is 1. The molecule has 1 aromatic rings. The molecule has 1 saturated heterocycles. The largest absolute Gasteiger partial charge is 0.377 e. The van der Waals surface area contributed by atoms with E-state index in [1.807, 2.05) is 6.92 Å². The number of ether oxygens (including phenoxy) is 1. The number of nitrogens with zero attached hydrogens (tertiary/aromatic N) is 1. The van der Waals surface area contributed by atoms with Gasteiger partial charge in [0.2, 0.25) is 0 Å². The number of morpholine rings is 1. The summed E-state index contributed by atoms with van der Waals surface area (Å²) in [5.41, 5.74) is 0.115. The minimum Gasteiger partial charge on any atom is -0.377 e. The number of benzene rings is 1. The number of halogens is 2. The first-order valence-corrected chi connectivity index (χ1v) is 6.77. The normalized spacial score (nSPS) is 19.9. The lowest BCUT2D eigenvalue weighted by atomic mass is 10.1. The van der Waals surface area contributed by atoms with E-state index in [4.69, 9.17) is 4.74 Å². The number of carbonyl (C=O) groups excluding carboxylic acids is 1. The van der Waals surface area contributed by atoms with Gasteiger partial charge in [-0.1, -0.05) is 13.0 Å². The van der Waals surface area contributed by atoms with Crippen molar-refractivity contribution in [2.24, 2.45) is 0 Å². The third-order valence-corrected chi connectivity index (χ3v) is 3.75. The molecule has 0 saturated carbocycles.